The van der Waals surface area contributed by atoms with E-state index in [2.05, 4.69) is 17.5 Å². The van der Waals surface area contributed by atoms with Crippen molar-refractivity contribution in [1.82, 2.24) is 0 Å². The molecule has 9 heteroatoms. The number of nitro groups is 1. The van der Waals surface area contributed by atoms with Gasteiger partial charge in [0.15, 0.2) is 5.75 Å². The molecule has 2 aromatic rings. The highest BCUT2D eigenvalue weighted by atomic mass is 16.6. The quantitative estimate of drug-likeness (QED) is 0.249. The second kappa shape index (κ2) is 10.6. The van der Waals surface area contributed by atoms with Crippen LogP contribution in [0.4, 0.5) is 11.4 Å². The Morgan fingerprint density at radius 1 is 1.31 bits per heavy atom. The van der Waals surface area contributed by atoms with Gasteiger partial charge in [0.05, 0.1) is 36.1 Å². The molecule has 0 saturated heterocycles. The maximum atomic E-state index is 11.5. The summed E-state index contributed by atoms with van der Waals surface area (Å²) in [4.78, 5) is 22.0. The van der Waals surface area contributed by atoms with E-state index >= 15 is 0 Å². The number of unbranched alkanes of at least 4 members (excludes halogenated alkanes) is 2. The van der Waals surface area contributed by atoms with Crippen LogP contribution in [0.25, 0.3) is 0 Å². The van der Waals surface area contributed by atoms with Crippen molar-refractivity contribution in [3.63, 3.8) is 0 Å². The predicted octanol–water partition coefficient (Wildman–Crippen LogP) is 4.32. The number of hydrazone groups is 1. The molecule has 154 valence electrons. The highest BCUT2D eigenvalue weighted by molar-refractivity contribution is 5.89. The first kappa shape index (κ1) is 21.7. The van der Waals surface area contributed by atoms with Crippen LogP contribution in [0.2, 0.25) is 0 Å². The number of hydrogen-bond donors (Lipinski definition) is 2. The van der Waals surface area contributed by atoms with Crippen LogP contribution in [-0.2, 0) is 0 Å². The lowest BCUT2D eigenvalue weighted by Crippen LogP contribution is -2.04. The fourth-order valence-electron chi connectivity index (χ4n) is 2.54. The Labute approximate surface area is 168 Å². The second-order valence-corrected chi connectivity index (χ2v) is 6.14. The first-order chi connectivity index (χ1) is 14.0. The first-order valence-corrected chi connectivity index (χ1v) is 9.08. The highest BCUT2D eigenvalue weighted by Crippen LogP contribution is 2.38. The summed E-state index contributed by atoms with van der Waals surface area (Å²) >= 11 is 0. The zero-order chi connectivity index (χ0) is 21.2. The van der Waals surface area contributed by atoms with Crippen molar-refractivity contribution >= 4 is 23.6 Å². The Morgan fingerprint density at radius 2 is 2.10 bits per heavy atom. The van der Waals surface area contributed by atoms with Gasteiger partial charge in [0.1, 0.15) is 0 Å². The number of hydrogen-bond acceptors (Lipinski definition) is 7. The summed E-state index contributed by atoms with van der Waals surface area (Å²) in [5, 5.41) is 24.5. The summed E-state index contributed by atoms with van der Waals surface area (Å²) < 4.78 is 10.9. The lowest BCUT2D eigenvalue weighted by Gasteiger charge is -2.11. The molecule has 0 unspecified atom stereocenters. The zero-order valence-electron chi connectivity index (χ0n) is 16.3. The molecular formula is C20H23N3O6. The number of benzene rings is 2. The van der Waals surface area contributed by atoms with Gasteiger partial charge in [-0.05, 0) is 30.7 Å². The van der Waals surface area contributed by atoms with E-state index in [0.717, 1.165) is 19.3 Å². The molecule has 0 aliphatic rings. The number of methoxy groups -OCH3 is 1. The Balaban J connectivity index is 2.21. The van der Waals surface area contributed by atoms with E-state index in [1.165, 1.54) is 31.5 Å². The molecular weight excluding hydrogens is 378 g/mol. The van der Waals surface area contributed by atoms with Gasteiger partial charge in [-0.2, -0.15) is 5.10 Å². The number of nitrogens with one attached hydrogen (secondary N) is 1. The van der Waals surface area contributed by atoms with Gasteiger partial charge in [0.25, 0.3) is 0 Å². The minimum Gasteiger partial charge on any atom is -0.493 e. The SMILES string of the molecule is CCCCCOc1c(OC)cc(/C=N/Nc2cccc(C(=O)O)c2)cc1[N+](=O)[O-]. The van der Waals surface area contributed by atoms with Crippen LogP contribution in [0.15, 0.2) is 41.5 Å². The van der Waals surface area contributed by atoms with E-state index in [1.54, 1.807) is 18.2 Å². The average Bonchev–Trinajstić information content (AvgIpc) is 2.71. The predicted molar refractivity (Wildman–Crippen MR) is 109 cm³/mol. The van der Waals surface area contributed by atoms with Crippen molar-refractivity contribution in [3.05, 3.63) is 57.6 Å². The van der Waals surface area contributed by atoms with Crippen LogP contribution in [0, 0.1) is 10.1 Å². The van der Waals surface area contributed by atoms with Crippen LogP contribution in [0.1, 0.15) is 42.1 Å². The Bertz CT molecular complexity index is 898. The molecule has 0 saturated carbocycles. The molecule has 0 spiro atoms. The van der Waals surface area contributed by atoms with E-state index in [4.69, 9.17) is 14.6 Å². The summed E-state index contributed by atoms with van der Waals surface area (Å²) in [6.07, 6.45) is 4.15. The fraction of sp³-hybridized carbons (Fsp3) is 0.300. The van der Waals surface area contributed by atoms with Crippen molar-refractivity contribution < 1.29 is 24.3 Å². The number of carbonyl (C=O) groups is 1. The van der Waals surface area contributed by atoms with Gasteiger partial charge < -0.3 is 14.6 Å². The van der Waals surface area contributed by atoms with Crippen LogP contribution in [-0.4, -0.2) is 35.9 Å². The maximum absolute atomic E-state index is 11.5. The zero-order valence-corrected chi connectivity index (χ0v) is 16.3. The molecule has 0 amide bonds. The van der Waals surface area contributed by atoms with E-state index in [-0.39, 0.29) is 22.7 Å². The first-order valence-electron chi connectivity index (χ1n) is 9.08. The van der Waals surface area contributed by atoms with Crippen LogP contribution in [0.5, 0.6) is 11.5 Å². The second-order valence-electron chi connectivity index (χ2n) is 6.14. The van der Waals surface area contributed by atoms with Gasteiger partial charge in [-0.1, -0.05) is 25.8 Å². The largest absolute Gasteiger partial charge is 0.493 e. The molecule has 2 rings (SSSR count). The highest BCUT2D eigenvalue weighted by Gasteiger charge is 2.22. The summed E-state index contributed by atoms with van der Waals surface area (Å²) in [5.74, 6) is -0.717. The third kappa shape index (κ3) is 6.20. The van der Waals surface area contributed by atoms with Crippen LogP contribution >= 0.6 is 0 Å². The Morgan fingerprint density at radius 3 is 2.76 bits per heavy atom. The number of carboxylic acids is 1. The van der Waals surface area contributed by atoms with Crippen molar-refractivity contribution in [2.45, 2.75) is 26.2 Å². The smallest absolute Gasteiger partial charge is 0.335 e. The lowest BCUT2D eigenvalue weighted by atomic mass is 10.2. The standard InChI is InChI=1S/C20H23N3O6/c1-3-4-5-9-29-19-17(23(26)27)10-14(11-18(19)28-2)13-21-22-16-8-6-7-15(12-16)20(24)25/h6-8,10-13,22H,3-5,9H2,1-2H3,(H,24,25)/b21-13+. The number of nitrogens with zero attached hydrogens (tertiary/aromatic N) is 2. The molecule has 0 bridgehead atoms. The van der Waals surface area contributed by atoms with Gasteiger partial charge in [-0.25, -0.2) is 4.79 Å². The number of anilines is 1. The van der Waals surface area contributed by atoms with Crippen LogP contribution in [0.3, 0.4) is 0 Å². The molecule has 0 atom stereocenters. The van der Waals surface area contributed by atoms with E-state index in [0.29, 0.717) is 17.9 Å². The summed E-state index contributed by atoms with van der Waals surface area (Å²) in [6, 6.07) is 9.05. The Hall–Kier alpha value is -3.62. The van der Waals surface area contributed by atoms with Crippen LogP contribution < -0.4 is 14.9 Å². The Kier molecular flexibility index (Phi) is 7.96. The number of rotatable bonds is 11. The van der Waals surface area contributed by atoms with Gasteiger partial charge in [-0.15, -0.1) is 0 Å². The molecule has 29 heavy (non-hydrogen) atoms. The summed E-state index contributed by atoms with van der Waals surface area (Å²) in [7, 11) is 1.41. The molecule has 2 aromatic carbocycles. The van der Waals surface area contributed by atoms with E-state index in [9.17, 15) is 14.9 Å². The van der Waals surface area contributed by atoms with E-state index < -0.39 is 10.9 Å². The molecule has 0 heterocycles. The molecule has 0 radical (unpaired) electrons. The number of nitro benzene ring substituents is 1. The summed E-state index contributed by atoms with van der Waals surface area (Å²) in [5.41, 5.74) is 3.50. The third-order valence-electron chi connectivity index (χ3n) is 3.99. The molecule has 0 aliphatic carbocycles. The lowest BCUT2D eigenvalue weighted by molar-refractivity contribution is -0.386. The van der Waals surface area contributed by atoms with E-state index in [1.807, 2.05) is 0 Å². The van der Waals surface area contributed by atoms with Crippen molar-refractivity contribution in [2.24, 2.45) is 5.10 Å². The van der Waals surface area contributed by atoms with Gasteiger partial charge in [-0.3, -0.25) is 15.5 Å². The monoisotopic (exact) mass is 401 g/mol. The number of carboxylic acid groups (broad SMARTS) is 1. The normalized spacial score (nSPS) is 10.7. The van der Waals surface area contributed by atoms with Crippen molar-refractivity contribution in [1.29, 1.82) is 0 Å². The van der Waals surface area contributed by atoms with Gasteiger partial charge in [0.2, 0.25) is 5.75 Å². The molecule has 0 fully saturated rings. The molecule has 0 aromatic heterocycles. The van der Waals surface area contributed by atoms with Gasteiger partial charge in [0, 0.05) is 11.6 Å². The minimum absolute atomic E-state index is 0.0906. The molecule has 9 nitrogen and oxygen atoms in total. The molecule has 0 aliphatic heterocycles. The fourth-order valence-corrected chi connectivity index (χ4v) is 2.54. The summed E-state index contributed by atoms with van der Waals surface area (Å²) in [6.45, 7) is 2.42. The average molecular weight is 401 g/mol. The minimum atomic E-state index is -1.05. The van der Waals surface area contributed by atoms with Crippen molar-refractivity contribution in [3.8, 4) is 11.5 Å². The number of aromatic carboxylic acids is 1. The van der Waals surface area contributed by atoms with Gasteiger partial charge >= 0.3 is 11.7 Å². The molecule has 2 N–H and O–H groups in total. The van der Waals surface area contributed by atoms with Crippen molar-refractivity contribution in [2.75, 3.05) is 19.1 Å². The third-order valence-corrected chi connectivity index (χ3v) is 3.99. The maximum Gasteiger partial charge on any atom is 0.335 e. The topological polar surface area (TPSA) is 123 Å². The number of ether oxygens (including phenoxy) is 2.